The zero-order valence-electron chi connectivity index (χ0n) is 15.9. The van der Waals surface area contributed by atoms with Crippen molar-refractivity contribution in [1.82, 2.24) is 0 Å². The Morgan fingerprint density at radius 2 is 1.59 bits per heavy atom. The molecular formula is C16H28N2O11. The van der Waals surface area contributed by atoms with E-state index in [0.29, 0.717) is 0 Å². The minimum atomic E-state index is -2.95. The molecule has 2 aliphatic heterocycles. The van der Waals surface area contributed by atoms with Crippen LogP contribution in [0, 0.1) is 0 Å². The van der Waals surface area contributed by atoms with Crippen molar-refractivity contribution >= 4 is 11.6 Å². The fourth-order valence-corrected chi connectivity index (χ4v) is 3.55. The number of ether oxygens (including phenoxy) is 3. The van der Waals surface area contributed by atoms with Crippen molar-refractivity contribution in [2.45, 2.75) is 74.1 Å². The lowest BCUT2D eigenvalue weighted by Crippen LogP contribution is -2.82. The summed E-state index contributed by atoms with van der Waals surface area (Å²) in [6.45, 7) is 0.233. The van der Waals surface area contributed by atoms with Gasteiger partial charge in [-0.3, -0.25) is 9.59 Å². The van der Waals surface area contributed by atoms with Crippen molar-refractivity contribution in [3.63, 3.8) is 0 Å². The van der Waals surface area contributed by atoms with E-state index in [2.05, 4.69) is 0 Å². The van der Waals surface area contributed by atoms with Gasteiger partial charge in [0, 0.05) is 6.92 Å². The van der Waals surface area contributed by atoms with Crippen LogP contribution in [0.5, 0.6) is 0 Å². The van der Waals surface area contributed by atoms with Gasteiger partial charge >= 0.3 is 0 Å². The number of aliphatic hydroxyl groups is 6. The molecule has 0 aromatic heterocycles. The van der Waals surface area contributed by atoms with Crippen LogP contribution < -0.4 is 11.5 Å². The molecule has 0 radical (unpaired) electrons. The second-order valence-electron chi connectivity index (χ2n) is 7.29. The molecule has 0 saturated carbocycles. The highest BCUT2D eigenvalue weighted by Gasteiger charge is 2.68. The monoisotopic (exact) mass is 424 g/mol. The molecule has 2 saturated heterocycles. The van der Waals surface area contributed by atoms with E-state index >= 15 is 0 Å². The van der Waals surface area contributed by atoms with Gasteiger partial charge in [0.25, 0.3) is 5.79 Å². The Morgan fingerprint density at radius 1 is 1.03 bits per heavy atom. The zero-order valence-corrected chi connectivity index (χ0v) is 15.9. The summed E-state index contributed by atoms with van der Waals surface area (Å²) in [5.74, 6) is -5.05. The number of hydrogen-bond acceptors (Lipinski definition) is 13. The number of nitrogens with two attached hydrogens (primary N) is 2. The van der Waals surface area contributed by atoms with Gasteiger partial charge in [0.05, 0.1) is 19.3 Å². The van der Waals surface area contributed by atoms with E-state index in [0.717, 1.165) is 13.8 Å². The summed E-state index contributed by atoms with van der Waals surface area (Å²) in [5, 5.41) is 60.2. The Balaban J connectivity index is 2.39. The summed E-state index contributed by atoms with van der Waals surface area (Å²) in [6.07, 6.45) is -11.2. The molecule has 29 heavy (non-hydrogen) atoms. The highest BCUT2D eigenvalue weighted by atomic mass is 16.7. The van der Waals surface area contributed by atoms with Crippen molar-refractivity contribution in [3.05, 3.63) is 0 Å². The Bertz CT molecular complexity index is 634. The average molecular weight is 424 g/mol. The number of hydrogen-bond donors (Lipinski definition) is 8. The molecule has 13 nitrogen and oxygen atoms in total. The predicted octanol–water partition coefficient (Wildman–Crippen LogP) is -5.55. The molecule has 0 spiro atoms. The number of carbonyl (C=O) groups excluding carboxylic acids is 2. The molecular weight excluding hydrogens is 396 g/mol. The maximum absolute atomic E-state index is 12.2. The molecule has 1 unspecified atom stereocenters. The van der Waals surface area contributed by atoms with Crippen LogP contribution in [0.3, 0.4) is 0 Å². The second-order valence-corrected chi connectivity index (χ2v) is 7.29. The Kier molecular flexibility index (Phi) is 7.14. The van der Waals surface area contributed by atoms with Gasteiger partial charge < -0.3 is 56.3 Å². The summed E-state index contributed by atoms with van der Waals surface area (Å²) in [5.41, 5.74) is 9.03. The molecule has 2 fully saturated rings. The first-order valence-electron chi connectivity index (χ1n) is 8.90. The highest BCUT2D eigenvalue weighted by molar-refractivity contribution is 5.98. The molecule has 13 heteroatoms. The maximum atomic E-state index is 12.2. The van der Waals surface area contributed by atoms with Gasteiger partial charge in [-0.05, 0) is 6.92 Å². The normalized spacial score (nSPS) is 48.3. The van der Waals surface area contributed by atoms with Gasteiger partial charge in [-0.2, -0.15) is 0 Å². The summed E-state index contributed by atoms with van der Waals surface area (Å²) < 4.78 is 16.0. The molecule has 0 bridgehead atoms. The van der Waals surface area contributed by atoms with Crippen LogP contribution in [0.1, 0.15) is 13.8 Å². The van der Waals surface area contributed by atoms with Crippen LogP contribution in [-0.2, 0) is 23.8 Å². The lowest BCUT2D eigenvalue weighted by Gasteiger charge is -2.53. The average Bonchev–Trinajstić information content (AvgIpc) is 2.67. The van der Waals surface area contributed by atoms with E-state index in [-0.39, 0.29) is 0 Å². The van der Waals surface area contributed by atoms with Gasteiger partial charge in [-0.15, -0.1) is 0 Å². The SMILES string of the molecule is CC(=O)C1(O)O[C@H](CO)[C@@H](O[C@@H]2O[C@H](CO)[C@H](O)[C@H](O)[C@H]2N)[C@H](O)[C@]1(N)C(C)=O. The molecule has 10 atom stereocenters. The van der Waals surface area contributed by atoms with Crippen LogP contribution in [-0.4, -0.2) is 116 Å². The molecule has 168 valence electrons. The molecule has 2 aliphatic rings. The number of rotatable bonds is 6. The van der Waals surface area contributed by atoms with Crippen molar-refractivity contribution < 1.29 is 54.4 Å². The third-order valence-electron chi connectivity index (χ3n) is 5.49. The van der Waals surface area contributed by atoms with Crippen molar-refractivity contribution in [2.24, 2.45) is 11.5 Å². The second kappa shape index (κ2) is 8.56. The van der Waals surface area contributed by atoms with Crippen LogP contribution in [0.15, 0.2) is 0 Å². The van der Waals surface area contributed by atoms with Gasteiger partial charge in [0.15, 0.2) is 23.4 Å². The first kappa shape index (κ1) is 24.2. The van der Waals surface area contributed by atoms with E-state index in [1.165, 1.54) is 0 Å². The van der Waals surface area contributed by atoms with Crippen molar-refractivity contribution in [3.8, 4) is 0 Å². The van der Waals surface area contributed by atoms with Crippen molar-refractivity contribution in [1.29, 1.82) is 0 Å². The van der Waals surface area contributed by atoms with Crippen LogP contribution in [0.2, 0.25) is 0 Å². The lowest BCUT2D eigenvalue weighted by molar-refractivity contribution is -0.352. The predicted molar refractivity (Wildman–Crippen MR) is 91.8 cm³/mol. The van der Waals surface area contributed by atoms with E-state index in [4.69, 9.17) is 25.7 Å². The van der Waals surface area contributed by atoms with Crippen LogP contribution in [0.4, 0.5) is 0 Å². The number of aliphatic hydroxyl groups excluding tert-OH is 5. The molecule has 0 amide bonds. The summed E-state index contributed by atoms with van der Waals surface area (Å²) in [4.78, 5) is 24.2. The Morgan fingerprint density at radius 3 is 2.03 bits per heavy atom. The summed E-state index contributed by atoms with van der Waals surface area (Å²) >= 11 is 0. The third kappa shape index (κ3) is 3.73. The third-order valence-corrected chi connectivity index (χ3v) is 5.49. The van der Waals surface area contributed by atoms with E-state index in [9.17, 15) is 40.2 Å². The zero-order chi connectivity index (χ0) is 22.3. The van der Waals surface area contributed by atoms with E-state index < -0.39 is 85.1 Å². The minimum absolute atomic E-state index is 0.698. The Labute approximate surface area is 165 Å². The Hall–Kier alpha value is -1.10. The molecule has 2 heterocycles. The van der Waals surface area contributed by atoms with Gasteiger partial charge in [0.2, 0.25) is 0 Å². The van der Waals surface area contributed by atoms with Crippen molar-refractivity contribution in [2.75, 3.05) is 13.2 Å². The fourth-order valence-electron chi connectivity index (χ4n) is 3.55. The minimum Gasteiger partial charge on any atom is -0.394 e. The van der Waals surface area contributed by atoms with E-state index in [1.54, 1.807) is 0 Å². The van der Waals surface area contributed by atoms with E-state index in [1.807, 2.05) is 0 Å². The summed E-state index contributed by atoms with van der Waals surface area (Å²) in [6, 6.07) is -1.36. The number of Topliss-reactive ketones (excluding diaryl/α,β-unsaturated/α-hetero) is 2. The highest BCUT2D eigenvalue weighted by Crippen LogP contribution is 2.38. The first-order valence-corrected chi connectivity index (χ1v) is 8.90. The standard InChI is InChI=1S/C16H28N2O11/c1-5(21)15(18)13(25)12(8(4-20)29-16(15,26)6(2)22)28-14-9(17)11(24)10(23)7(3-19)27-14/h7-14,19-20,23-26H,3-4,17-18H2,1-2H3/t7-,8-,9-,10+,11-,12-,13+,14+,15-,16?/m1/s1. The molecule has 0 aliphatic carbocycles. The molecule has 10 N–H and O–H groups in total. The molecule has 2 rings (SSSR count). The number of carbonyl (C=O) groups is 2. The molecule has 0 aromatic carbocycles. The fraction of sp³-hybridized carbons (Fsp3) is 0.875. The van der Waals surface area contributed by atoms with Crippen LogP contribution in [0.25, 0.3) is 0 Å². The quantitative estimate of drug-likeness (QED) is 0.199. The molecule has 0 aromatic rings. The first-order chi connectivity index (χ1) is 13.4. The topological polar surface area (TPSA) is 235 Å². The summed E-state index contributed by atoms with van der Waals surface area (Å²) in [7, 11) is 0. The maximum Gasteiger partial charge on any atom is 0.255 e. The van der Waals surface area contributed by atoms with Gasteiger partial charge in [-0.25, -0.2) is 0 Å². The lowest BCUT2D eigenvalue weighted by atomic mass is 9.73. The largest absolute Gasteiger partial charge is 0.394 e. The number of ketones is 2. The van der Waals surface area contributed by atoms with Crippen LogP contribution >= 0.6 is 0 Å². The van der Waals surface area contributed by atoms with Gasteiger partial charge in [0.1, 0.15) is 36.6 Å². The van der Waals surface area contributed by atoms with Gasteiger partial charge in [-0.1, -0.05) is 0 Å². The smallest absolute Gasteiger partial charge is 0.255 e.